The zero-order valence-electron chi connectivity index (χ0n) is 11.5. The molecule has 0 amide bonds. The standard InChI is InChI=1S/C15H18N2O2S/c1-20-11-7-5-10(6-8-11)17-9-16-14-12(15(18)19)3-2-4-13(14)17/h2-4,9-11H,5-8H2,1H3,(H,18,19). The maximum atomic E-state index is 11.2. The molecule has 0 unspecified atom stereocenters. The van der Waals surface area contributed by atoms with Crippen molar-refractivity contribution in [2.45, 2.75) is 37.0 Å². The number of carboxylic acids is 1. The molecule has 1 aliphatic rings. The Morgan fingerprint density at radius 1 is 1.35 bits per heavy atom. The molecule has 3 rings (SSSR count). The number of nitrogens with zero attached hydrogens (tertiary/aromatic N) is 2. The minimum Gasteiger partial charge on any atom is -0.478 e. The van der Waals surface area contributed by atoms with E-state index in [4.69, 9.17) is 0 Å². The summed E-state index contributed by atoms with van der Waals surface area (Å²) in [6, 6.07) is 5.84. The normalized spacial score (nSPS) is 23.1. The van der Waals surface area contributed by atoms with Gasteiger partial charge >= 0.3 is 5.97 Å². The second-order valence-corrected chi connectivity index (χ2v) is 6.43. The summed E-state index contributed by atoms with van der Waals surface area (Å²) in [7, 11) is 0. The number of aromatic nitrogens is 2. The van der Waals surface area contributed by atoms with Crippen LogP contribution in [-0.2, 0) is 0 Å². The van der Waals surface area contributed by atoms with Crippen LogP contribution in [0.15, 0.2) is 24.5 Å². The molecule has 1 aromatic carbocycles. The van der Waals surface area contributed by atoms with Crippen molar-refractivity contribution in [1.82, 2.24) is 9.55 Å². The molecule has 0 spiro atoms. The number of hydrogen-bond donors (Lipinski definition) is 1. The number of hydrogen-bond acceptors (Lipinski definition) is 3. The summed E-state index contributed by atoms with van der Waals surface area (Å²) in [5, 5.41) is 9.99. The Kier molecular flexibility index (Phi) is 3.70. The van der Waals surface area contributed by atoms with E-state index < -0.39 is 5.97 Å². The predicted octanol–water partition coefficient (Wildman–Crippen LogP) is 3.58. The molecule has 106 valence electrons. The van der Waals surface area contributed by atoms with Crippen LogP contribution >= 0.6 is 11.8 Å². The summed E-state index contributed by atoms with van der Waals surface area (Å²) in [6.07, 6.45) is 8.73. The number of rotatable bonds is 3. The minimum absolute atomic E-state index is 0.291. The highest BCUT2D eigenvalue weighted by atomic mass is 32.2. The molecule has 1 fully saturated rings. The summed E-state index contributed by atoms with van der Waals surface area (Å²) in [5.41, 5.74) is 1.84. The highest BCUT2D eigenvalue weighted by Crippen LogP contribution is 2.35. The topological polar surface area (TPSA) is 55.1 Å². The number of benzene rings is 1. The molecule has 0 saturated heterocycles. The first-order valence-electron chi connectivity index (χ1n) is 6.92. The van der Waals surface area contributed by atoms with Crippen LogP contribution in [0.25, 0.3) is 11.0 Å². The van der Waals surface area contributed by atoms with Gasteiger partial charge in [0.1, 0.15) is 5.52 Å². The van der Waals surface area contributed by atoms with E-state index in [1.54, 1.807) is 18.5 Å². The molecular weight excluding hydrogens is 272 g/mol. The van der Waals surface area contributed by atoms with E-state index in [1.165, 1.54) is 12.8 Å². The lowest BCUT2D eigenvalue weighted by atomic mass is 9.94. The van der Waals surface area contributed by atoms with Gasteiger partial charge < -0.3 is 9.67 Å². The molecule has 1 heterocycles. The molecule has 0 bridgehead atoms. The third-order valence-electron chi connectivity index (χ3n) is 4.20. The van der Waals surface area contributed by atoms with E-state index in [0.717, 1.165) is 23.6 Å². The Bertz CT molecular complexity index is 630. The van der Waals surface area contributed by atoms with Crippen LogP contribution in [0.3, 0.4) is 0 Å². The smallest absolute Gasteiger partial charge is 0.337 e. The van der Waals surface area contributed by atoms with Crippen molar-refractivity contribution in [2.24, 2.45) is 0 Å². The first-order valence-corrected chi connectivity index (χ1v) is 8.21. The second-order valence-electron chi connectivity index (χ2n) is 5.30. The number of thioether (sulfide) groups is 1. The van der Waals surface area contributed by atoms with Gasteiger partial charge in [-0.1, -0.05) is 6.07 Å². The quantitative estimate of drug-likeness (QED) is 0.938. The molecule has 2 aromatic rings. The lowest BCUT2D eigenvalue weighted by Crippen LogP contribution is -2.18. The Morgan fingerprint density at radius 3 is 2.75 bits per heavy atom. The van der Waals surface area contributed by atoms with Gasteiger partial charge in [0.15, 0.2) is 0 Å². The van der Waals surface area contributed by atoms with E-state index in [0.29, 0.717) is 17.1 Å². The van der Waals surface area contributed by atoms with E-state index >= 15 is 0 Å². The number of para-hydroxylation sites is 1. The summed E-state index contributed by atoms with van der Waals surface area (Å²) < 4.78 is 2.16. The number of imidazole rings is 1. The average molecular weight is 290 g/mol. The number of carbonyl (C=O) groups is 1. The Morgan fingerprint density at radius 2 is 2.10 bits per heavy atom. The molecule has 1 N–H and O–H groups in total. The lowest BCUT2D eigenvalue weighted by Gasteiger charge is -2.28. The maximum absolute atomic E-state index is 11.2. The van der Waals surface area contributed by atoms with Crippen LogP contribution in [-0.4, -0.2) is 32.1 Å². The predicted molar refractivity (Wildman–Crippen MR) is 81.5 cm³/mol. The first kappa shape index (κ1) is 13.5. The van der Waals surface area contributed by atoms with Crippen molar-refractivity contribution in [3.63, 3.8) is 0 Å². The molecule has 1 aromatic heterocycles. The maximum Gasteiger partial charge on any atom is 0.337 e. The van der Waals surface area contributed by atoms with Crippen molar-refractivity contribution in [3.05, 3.63) is 30.1 Å². The fourth-order valence-electron chi connectivity index (χ4n) is 3.08. The Balaban J connectivity index is 1.94. The highest BCUT2D eigenvalue weighted by molar-refractivity contribution is 7.99. The van der Waals surface area contributed by atoms with Gasteiger partial charge in [0, 0.05) is 11.3 Å². The third kappa shape index (κ3) is 2.30. The third-order valence-corrected chi connectivity index (χ3v) is 5.34. The van der Waals surface area contributed by atoms with E-state index in [2.05, 4.69) is 15.8 Å². The van der Waals surface area contributed by atoms with E-state index in [-0.39, 0.29) is 0 Å². The molecule has 0 radical (unpaired) electrons. The minimum atomic E-state index is -0.910. The van der Waals surface area contributed by atoms with Crippen LogP contribution in [0, 0.1) is 0 Å². The van der Waals surface area contributed by atoms with Gasteiger partial charge in [-0.2, -0.15) is 11.8 Å². The summed E-state index contributed by atoms with van der Waals surface area (Å²) in [4.78, 5) is 15.6. The van der Waals surface area contributed by atoms with Gasteiger partial charge in [0.05, 0.1) is 17.4 Å². The molecular formula is C15H18N2O2S. The highest BCUT2D eigenvalue weighted by Gasteiger charge is 2.23. The summed E-state index contributed by atoms with van der Waals surface area (Å²) >= 11 is 1.95. The van der Waals surface area contributed by atoms with Gasteiger partial charge in [-0.05, 0) is 44.1 Å². The van der Waals surface area contributed by atoms with Crippen molar-refractivity contribution in [1.29, 1.82) is 0 Å². The SMILES string of the molecule is CSC1CCC(n2cnc3c(C(=O)O)cccc32)CC1. The lowest BCUT2D eigenvalue weighted by molar-refractivity contribution is 0.0699. The van der Waals surface area contributed by atoms with Gasteiger partial charge in [0.2, 0.25) is 0 Å². The average Bonchev–Trinajstić information content (AvgIpc) is 2.91. The van der Waals surface area contributed by atoms with Crippen LogP contribution in [0.1, 0.15) is 42.1 Å². The van der Waals surface area contributed by atoms with Crippen molar-refractivity contribution in [2.75, 3.05) is 6.26 Å². The Labute approximate surface area is 122 Å². The van der Waals surface area contributed by atoms with Gasteiger partial charge in [-0.15, -0.1) is 0 Å². The summed E-state index contributed by atoms with van der Waals surface area (Å²) in [6.45, 7) is 0. The first-order chi connectivity index (χ1) is 9.70. The molecule has 4 nitrogen and oxygen atoms in total. The largest absolute Gasteiger partial charge is 0.478 e. The van der Waals surface area contributed by atoms with Crippen molar-refractivity contribution < 1.29 is 9.90 Å². The zero-order chi connectivity index (χ0) is 14.1. The van der Waals surface area contributed by atoms with Gasteiger partial charge in [-0.3, -0.25) is 0 Å². The van der Waals surface area contributed by atoms with Crippen LogP contribution in [0.4, 0.5) is 0 Å². The fraction of sp³-hybridized carbons (Fsp3) is 0.467. The van der Waals surface area contributed by atoms with E-state index in [1.807, 2.05) is 17.8 Å². The monoisotopic (exact) mass is 290 g/mol. The van der Waals surface area contributed by atoms with Crippen LogP contribution < -0.4 is 0 Å². The molecule has 1 aliphatic carbocycles. The zero-order valence-corrected chi connectivity index (χ0v) is 12.3. The summed E-state index contributed by atoms with van der Waals surface area (Å²) in [5.74, 6) is -0.910. The van der Waals surface area contributed by atoms with Crippen molar-refractivity contribution >= 4 is 28.8 Å². The van der Waals surface area contributed by atoms with Crippen molar-refractivity contribution in [3.8, 4) is 0 Å². The van der Waals surface area contributed by atoms with Crippen LogP contribution in [0.2, 0.25) is 0 Å². The fourth-order valence-corrected chi connectivity index (χ4v) is 3.82. The molecule has 0 atom stereocenters. The molecule has 20 heavy (non-hydrogen) atoms. The number of fused-ring (bicyclic) bond motifs is 1. The number of carboxylic acid groups (broad SMARTS) is 1. The van der Waals surface area contributed by atoms with Crippen LogP contribution in [0.5, 0.6) is 0 Å². The molecule has 0 aliphatic heterocycles. The molecule has 1 saturated carbocycles. The van der Waals surface area contributed by atoms with E-state index in [9.17, 15) is 9.90 Å². The number of aromatic carboxylic acids is 1. The van der Waals surface area contributed by atoms with Gasteiger partial charge in [0.25, 0.3) is 0 Å². The second kappa shape index (κ2) is 5.48. The Hall–Kier alpha value is -1.49. The van der Waals surface area contributed by atoms with Gasteiger partial charge in [-0.25, -0.2) is 9.78 Å². The molecule has 5 heteroatoms.